The second-order valence-electron chi connectivity index (χ2n) is 9.70. The van der Waals surface area contributed by atoms with Gasteiger partial charge in [0.2, 0.25) is 0 Å². The van der Waals surface area contributed by atoms with Gasteiger partial charge in [-0.25, -0.2) is 4.39 Å². The van der Waals surface area contributed by atoms with Crippen LogP contribution in [-0.4, -0.2) is 36.6 Å². The molecule has 0 unspecified atom stereocenters. The first-order valence-electron chi connectivity index (χ1n) is 11.7. The lowest BCUT2D eigenvalue weighted by Crippen LogP contribution is -2.36. The second-order valence-corrected chi connectivity index (χ2v) is 10.5. The monoisotopic (exact) mass is 528 g/mol. The van der Waals surface area contributed by atoms with Crippen LogP contribution in [0.5, 0.6) is 0 Å². The Morgan fingerprint density at radius 2 is 1.86 bits per heavy atom. The number of aliphatic hydroxyl groups is 1. The number of amides is 2. The van der Waals surface area contributed by atoms with Crippen LogP contribution in [0.3, 0.4) is 0 Å². The minimum absolute atomic E-state index is 0.0447. The third-order valence-corrected chi connectivity index (χ3v) is 6.96. The van der Waals surface area contributed by atoms with Crippen LogP contribution in [0.15, 0.2) is 54.6 Å². The molecule has 0 aromatic heterocycles. The average molecular weight is 529 g/mol. The molecular weight excluding hydrogens is 502 g/mol. The van der Waals surface area contributed by atoms with Gasteiger partial charge in [0.25, 0.3) is 11.8 Å². The van der Waals surface area contributed by atoms with Crippen molar-refractivity contribution < 1.29 is 19.1 Å². The highest BCUT2D eigenvalue weighted by Gasteiger charge is 2.28. The summed E-state index contributed by atoms with van der Waals surface area (Å²) in [6, 6.07) is 14.9. The highest BCUT2D eigenvalue weighted by molar-refractivity contribution is 6.34. The number of halogens is 3. The maximum atomic E-state index is 14.4. The number of fused-ring (bicyclic) bond motifs is 1. The van der Waals surface area contributed by atoms with E-state index < -0.39 is 17.1 Å². The van der Waals surface area contributed by atoms with Crippen molar-refractivity contribution in [2.24, 2.45) is 5.41 Å². The number of aryl methyl sites for hydroxylation is 1. The fraction of sp³-hybridized carbons (Fsp3) is 0.286. The number of carbonyl (C=O) groups is 2. The molecule has 1 heterocycles. The van der Waals surface area contributed by atoms with Crippen LogP contribution in [0.1, 0.15) is 46.5 Å². The summed E-state index contributed by atoms with van der Waals surface area (Å²) in [7, 11) is 0. The lowest BCUT2D eigenvalue weighted by molar-refractivity contribution is 0.0910. The Kier molecular flexibility index (Phi) is 7.69. The topological polar surface area (TPSA) is 69.6 Å². The maximum Gasteiger partial charge on any atom is 0.262 e. The van der Waals surface area contributed by atoms with Crippen molar-refractivity contribution in [3.8, 4) is 11.1 Å². The van der Waals surface area contributed by atoms with E-state index in [-0.39, 0.29) is 23.1 Å². The van der Waals surface area contributed by atoms with E-state index in [1.54, 1.807) is 23.1 Å². The molecule has 36 heavy (non-hydrogen) atoms. The van der Waals surface area contributed by atoms with Crippen LogP contribution >= 0.6 is 23.2 Å². The summed E-state index contributed by atoms with van der Waals surface area (Å²) in [5.41, 5.74) is 3.01. The van der Waals surface area contributed by atoms with Crippen LogP contribution in [-0.2, 0) is 6.42 Å². The second kappa shape index (κ2) is 10.6. The summed E-state index contributed by atoms with van der Waals surface area (Å²) in [4.78, 5) is 27.5. The SMILES string of the molecule is CC(C)(CO)CNC(=O)c1ccc(Cl)c(-c2ccc3c(c2)CCCN3C(=O)c2c(F)cccc2Cl)c1. The van der Waals surface area contributed by atoms with Gasteiger partial charge >= 0.3 is 0 Å². The Hall–Kier alpha value is -2.93. The molecular formula is C28H27Cl2FN2O3. The maximum absolute atomic E-state index is 14.4. The van der Waals surface area contributed by atoms with E-state index in [0.29, 0.717) is 41.3 Å². The number of carbonyl (C=O) groups excluding carboxylic acids is 2. The molecule has 0 saturated carbocycles. The zero-order valence-corrected chi connectivity index (χ0v) is 21.6. The van der Waals surface area contributed by atoms with Gasteiger partial charge in [-0.15, -0.1) is 0 Å². The Morgan fingerprint density at radius 3 is 2.58 bits per heavy atom. The molecule has 4 rings (SSSR count). The number of benzene rings is 3. The van der Waals surface area contributed by atoms with Gasteiger partial charge in [-0.3, -0.25) is 9.59 Å². The number of aliphatic hydroxyl groups excluding tert-OH is 1. The third kappa shape index (κ3) is 5.41. The van der Waals surface area contributed by atoms with Crippen LogP contribution in [0, 0.1) is 11.2 Å². The van der Waals surface area contributed by atoms with E-state index in [9.17, 15) is 19.1 Å². The number of hydrogen-bond donors (Lipinski definition) is 2. The van der Waals surface area contributed by atoms with E-state index >= 15 is 0 Å². The molecule has 3 aromatic rings. The van der Waals surface area contributed by atoms with E-state index in [1.807, 2.05) is 32.0 Å². The Labute approximate surface area is 219 Å². The van der Waals surface area contributed by atoms with Crippen molar-refractivity contribution in [2.75, 3.05) is 24.6 Å². The summed E-state index contributed by atoms with van der Waals surface area (Å²) in [6.45, 7) is 4.46. The molecule has 188 valence electrons. The smallest absolute Gasteiger partial charge is 0.262 e. The lowest BCUT2D eigenvalue weighted by atomic mass is 9.94. The standard InChI is InChI=1S/C28H27Cl2FN2O3/c1-28(2,16-34)15-32-26(35)19-8-10-21(29)20(14-19)17-9-11-24-18(13-17)5-4-12-33(24)27(36)25-22(30)6-3-7-23(25)31/h3,6-11,13-14,34H,4-5,12,15-16H2,1-2H3,(H,32,35). The summed E-state index contributed by atoms with van der Waals surface area (Å²) in [5, 5.41) is 12.9. The molecule has 1 aliphatic heterocycles. The molecule has 0 bridgehead atoms. The highest BCUT2D eigenvalue weighted by atomic mass is 35.5. The van der Waals surface area contributed by atoms with Crippen molar-refractivity contribution in [3.05, 3.63) is 87.2 Å². The van der Waals surface area contributed by atoms with Gasteiger partial charge in [-0.2, -0.15) is 0 Å². The first kappa shape index (κ1) is 26.1. The highest BCUT2D eigenvalue weighted by Crippen LogP contribution is 2.36. The number of hydrogen-bond acceptors (Lipinski definition) is 3. The minimum atomic E-state index is -0.652. The van der Waals surface area contributed by atoms with Crippen molar-refractivity contribution in [3.63, 3.8) is 0 Å². The molecule has 1 aliphatic rings. The quantitative estimate of drug-likeness (QED) is 0.403. The van der Waals surface area contributed by atoms with Gasteiger partial charge in [-0.1, -0.05) is 49.2 Å². The van der Waals surface area contributed by atoms with E-state index in [4.69, 9.17) is 23.2 Å². The van der Waals surface area contributed by atoms with Crippen molar-refractivity contribution in [1.82, 2.24) is 5.32 Å². The van der Waals surface area contributed by atoms with E-state index in [2.05, 4.69) is 5.32 Å². The van der Waals surface area contributed by atoms with Gasteiger partial charge < -0.3 is 15.3 Å². The zero-order valence-electron chi connectivity index (χ0n) is 20.1. The molecule has 0 fully saturated rings. The molecule has 8 heteroatoms. The Bertz CT molecular complexity index is 1310. The lowest BCUT2D eigenvalue weighted by Gasteiger charge is -2.30. The van der Waals surface area contributed by atoms with Gasteiger partial charge in [0.1, 0.15) is 5.82 Å². The van der Waals surface area contributed by atoms with Crippen LogP contribution in [0.4, 0.5) is 10.1 Å². The predicted octanol–water partition coefficient (Wildman–Crippen LogP) is 6.14. The Morgan fingerprint density at radius 1 is 1.08 bits per heavy atom. The largest absolute Gasteiger partial charge is 0.396 e. The molecule has 5 nitrogen and oxygen atoms in total. The molecule has 3 aromatic carbocycles. The van der Waals surface area contributed by atoms with Crippen molar-refractivity contribution in [1.29, 1.82) is 0 Å². The van der Waals surface area contributed by atoms with Crippen LogP contribution in [0.2, 0.25) is 10.0 Å². The number of anilines is 1. The number of nitrogens with one attached hydrogen (secondary N) is 1. The summed E-state index contributed by atoms with van der Waals surface area (Å²) in [6.07, 6.45) is 1.46. The van der Waals surface area contributed by atoms with Gasteiger partial charge in [0.15, 0.2) is 0 Å². The first-order chi connectivity index (χ1) is 17.1. The van der Waals surface area contributed by atoms with Gasteiger partial charge in [-0.05, 0) is 66.4 Å². The molecule has 2 N–H and O–H groups in total. The van der Waals surface area contributed by atoms with E-state index in [1.165, 1.54) is 18.2 Å². The van der Waals surface area contributed by atoms with Crippen LogP contribution in [0.25, 0.3) is 11.1 Å². The molecule has 0 saturated heterocycles. The number of rotatable bonds is 6. The van der Waals surface area contributed by atoms with Crippen molar-refractivity contribution >= 4 is 40.7 Å². The van der Waals surface area contributed by atoms with Gasteiger partial charge in [0.05, 0.1) is 10.6 Å². The minimum Gasteiger partial charge on any atom is -0.396 e. The average Bonchev–Trinajstić information content (AvgIpc) is 2.86. The normalized spacial score (nSPS) is 13.3. The fourth-order valence-electron chi connectivity index (χ4n) is 4.18. The molecule has 0 radical (unpaired) electrons. The summed E-state index contributed by atoms with van der Waals surface area (Å²) in [5.74, 6) is -1.39. The third-order valence-electron chi connectivity index (χ3n) is 6.31. The molecule has 0 aliphatic carbocycles. The molecule has 0 spiro atoms. The van der Waals surface area contributed by atoms with Gasteiger partial charge in [0, 0.05) is 46.9 Å². The predicted molar refractivity (Wildman–Crippen MR) is 141 cm³/mol. The number of nitrogens with zero attached hydrogens (tertiary/aromatic N) is 1. The first-order valence-corrected chi connectivity index (χ1v) is 12.4. The zero-order chi connectivity index (χ0) is 26.0. The molecule has 0 atom stereocenters. The summed E-state index contributed by atoms with van der Waals surface area (Å²) < 4.78 is 14.4. The van der Waals surface area contributed by atoms with Crippen LogP contribution < -0.4 is 10.2 Å². The fourth-order valence-corrected chi connectivity index (χ4v) is 4.65. The van der Waals surface area contributed by atoms with E-state index in [0.717, 1.165) is 17.5 Å². The Balaban J connectivity index is 1.63. The summed E-state index contributed by atoms with van der Waals surface area (Å²) >= 11 is 12.6. The van der Waals surface area contributed by atoms with Crippen molar-refractivity contribution in [2.45, 2.75) is 26.7 Å². The molecule has 2 amide bonds.